The summed E-state index contributed by atoms with van der Waals surface area (Å²) in [6, 6.07) is 5.61. The highest BCUT2D eigenvalue weighted by Gasteiger charge is 2.33. The lowest BCUT2D eigenvalue weighted by atomic mass is 9.89. The van der Waals surface area contributed by atoms with Crippen molar-refractivity contribution in [3.63, 3.8) is 0 Å². The van der Waals surface area contributed by atoms with Crippen LogP contribution < -0.4 is 10.2 Å². The second-order valence-corrected chi connectivity index (χ2v) is 6.80. The third-order valence-corrected chi connectivity index (χ3v) is 4.89. The van der Waals surface area contributed by atoms with Crippen LogP contribution >= 0.6 is 0 Å². The second kappa shape index (κ2) is 4.98. The fourth-order valence-electron chi connectivity index (χ4n) is 3.89. The number of imidazole rings is 1. The van der Waals surface area contributed by atoms with Crippen molar-refractivity contribution in [2.24, 2.45) is 5.92 Å². The summed E-state index contributed by atoms with van der Waals surface area (Å²) < 4.78 is 0. The predicted molar refractivity (Wildman–Crippen MR) is 84.6 cm³/mol. The third kappa shape index (κ3) is 2.50. The number of nitrogens with zero attached hydrogens (tertiary/aromatic N) is 3. The number of nitrogens with one attached hydrogen (secondary N) is 2. The highest BCUT2D eigenvalue weighted by molar-refractivity contribution is 5.73. The molecule has 2 fully saturated rings. The first kappa shape index (κ1) is 13.1. The Morgan fingerprint density at radius 1 is 1.14 bits per heavy atom. The number of pyridine rings is 1. The maximum Gasteiger partial charge on any atom is 0.179 e. The number of hydrogen-bond acceptors (Lipinski definition) is 4. The zero-order valence-electron chi connectivity index (χ0n) is 12.8. The molecule has 0 spiro atoms. The number of piperidine rings is 1. The Balaban J connectivity index is 1.54. The summed E-state index contributed by atoms with van der Waals surface area (Å²) in [5, 5.41) is 3.70. The van der Waals surface area contributed by atoms with Crippen LogP contribution in [-0.2, 0) is 6.42 Å². The SMILES string of the molecule is CN(C)c1ccc2[nH]c(CC3CC4CCC(C3)N4)nc2n1. The maximum absolute atomic E-state index is 4.71. The van der Waals surface area contributed by atoms with E-state index in [0.717, 1.165) is 47.2 Å². The van der Waals surface area contributed by atoms with E-state index in [1.807, 2.05) is 25.1 Å². The quantitative estimate of drug-likeness (QED) is 0.907. The van der Waals surface area contributed by atoms with Crippen LogP contribution in [0.4, 0.5) is 5.82 Å². The molecule has 2 atom stereocenters. The van der Waals surface area contributed by atoms with Crippen LogP contribution in [0, 0.1) is 5.92 Å². The lowest BCUT2D eigenvalue weighted by Crippen LogP contribution is -2.38. The minimum atomic E-state index is 0.747. The number of rotatable bonds is 3. The van der Waals surface area contributed by atoms with Gasteiger partial charge in [0.25, 0.3) is 0 Å². The average Bonchev–Trinajstić information content (AvgIpc) is 3.00. The van der Waals surface area contributed by atoms with Gasteiger partial charge in [-0.3, -0.25) is 0 Å². The normalized spacial score (nSPS) is 28.2. The number of aromatic amines is 1. The van der Waals surface area contributed by atoms with Gasteiger partial charge in [0, 0.05) is 32.6 Å². The van der Waals surface area contributed by atoms with Gasteiger partial charge in [0.1, 0.15) is 11.6 Å². The minimum absolute atomic E-state index is 0.747. The number of aromatic nitrogens is 3. The zero-order chi connectivity index (χ0) is 14.4. The molecule has 112 valence electrons. The first-order valence-corrected chi connectivity index (χ1v) is 7.96. The number of H-pyrrole nitrogens is 1. The molecule has 5 heteroatoms. The predicted octanol–water partition coefficient (Wildman–Crippen LogP) is 2.10. The lowest BCUT2D eigenvalue weighted by molar-refractivity contribution is 0.295. The van der Waals surface area contributed by atoms with E-state index in [-0.39, 0.29) is 0 Å². The first-order chi connectivity index (χ1) is 10.2. The van der Waals surface area contributed by atoms with Crippen molar-refractivity contribution in [1.29, 1.82) is 0 Å². The Labute approximate surface area is 125 Å². The topological polar surface area (TPSA) is 56.8 Å². The van der Waals surface area contributed by atoms with E-state index in [0.29, 0.717) is 0 Å². The van der Waals surface area contributed by atoms with Crippen LogP contribution in [-0.4, -0.2) is 41.1 Å². The van der Waals surface area contributed by atoms with Crippen molar-refractivity contribution in [2.75, 3.05) is 19.0 Å². The molecule has 0 aliphatic carbocycles. The molecule has 21 heavy (non-hydrogen) atoms. The Bertz CT molecular complexity index is 635. The first-order valence-electron chi connectivity index (χ1n) is 7.96. The summed E-state index contributed by atoms with van der Waals surface area (Å²) >= 11 is 0. The van der Waals surface area contributed by atoms with Gasteiger partial charge in [0.2, 0.25) is 0 Å². The van der Waals surface area contributed by atoms with E-state index >= 15 is 0 Å². The maximum atomic E-state index is 4.71. The highest BCUT2D eigenvalue weighted by Crippen LogP contribution is 2.32. The number of fused-ring (bicyclic) bond motifs is 3. The summed E-state index contributed by atoms with van der Waals surface area (Å²) in [6.45, 7) is 0. The average molecular weight is 285 g/mol. The molecule has 0 saturated carbocycles. The molecule has 0 radical (unpaired) electrons. The van der Waals surface area contributed by atoms with Gasteiger partial charge < -0.3 is 15.2 Å². The summed E-state index contributed by atoms with van der Waals surface area (Å²) in [4.78, 5) is 14.8. The molecule has 5 nitrogen and oxygen atoms in total. The molecule has 0 aromatic carbocycles. The summed E-state index contributed by atoms with van der Waals surface area (Å²) in [5.41, 5.74) is 1.89. The Morgan fingerprint density at radius 3 is 2.62 bits per heavy atom. The smallest absolute Gasteiger partial charge is 0.179 e. The van der Waals surface area contributed by atoms with Crippen LogP contribution in [0.5, 0.6) is 0 Å². The fourth-order valence-corrected chi connectivity index (χ4v) is 3.89. The van der Waals surface area contributed by atoms with Gasteiger partial charge in [-0.2, -0.15) is 0 Å². The van der Waals surface area contributed by atoms with Gasteiger partial charge >= 0.3 is 0 Å². The van der Waals surface area contributed by atoms with Gasteiger partial charge in [-0.25, -0.2) is 9.97 Å². The molecule has 2 unspecified atom stereocenters. The van der Waals surface area contributed by atoms with Crippen molar-refractivity contribution >= 4 is 17.0 Å². The molecule has 2 aliphatic rings. The molecule has 2 N–H and O–H groups in total. The Kier molecular flexibility index (Phi) is 3.10. The van der Waals surface area contributed by atoms with E-state index in [4.69, 9.17) is 4.98 Å². The molecule has 2 saturated heterocycles. The van der Waals surface area contributed by atoms with Gasteiger partial charge in [-0.05, 0) is 43.7 Å². The van der Waals surface area contributed by atoms with Crippen LogP contribution in [0.25, 0.3) is 11.2 Å². The molecule has 2 aromatic rings. The Morgan fingerprint density at radius 2 is 1.90 bits per heavy atom. The standard InChI is InChI=1S/C16H23N5/c1-21(2)15-6-5-13-16(20-15)19-14(18-13)9-10-7-11-3-4-12(8-10)17-11/h5-6,10-12,17H,3-4,7-9H2,1-2H3,(H,18,19,20). The summed E-state index contributed by atoms with van der Waals surface area (Å²) in [5.74, 6) is 2.82. The van der Waals surface area contributed by atoms with Gasteiger partial charge in [-0.15, -0.1) is 0 Å². The number of hydrogen-bond donors (Lipinski definition) is 2. The van der Waals surface area contributed by atoms with Crippen molar-refractivity contribution in [3.05, 3.63) is 18.0 Å². The van der Waals surface area contributed by atoms with Crippen molar-refractivity contribution in [3.8, 4) is 0 Å². The molecular formula is C16H23N5. The highest BCUT2D eigenvalue weighted by atomic mass is 15.1. The van der Waals surface area contributed by atoms with Gasteiger partial charge in [-0.1, -0.05) is 0 Å². The van der Waals surface area contributed by atoms with Crippen molar-refractivity contribution in [1.82, 2.24) is 20.3 Å². The fraction of sp³-hybridized carbons (Fsp3) is 0.625. The van der Waals surface area contributed by atoms with Crippen LogP contribution in [0.2, 0.25) is 0 Å². The second-order valence-electron chi connectivity index (χ2n) is 6.80. The molecule has 2 bridgehead atoms. The molecule has 4 rings (SSSR count). The summed E-state index contributed by atoms with van der Waals surface area (Å²) in [6.07, 6.45) is 6.36. The van der Waals surface area contributed by atoms with E-state index in [9.17, 15) is 0 Å². The van der Waals surface area contributed by atoms with Crippen molar-refractivity contribution < 1.29 is 0 Å². The number of anilines is 1. The van der Waals surface area contributed by atoms with Gasteiger partial charge in [0.05, 0.1) is 5.52 Å². The summed E-state index contributed by atoms with van der Waals surface area (Å²) in [7, 11) is 4.01. The van der Waals surface area contributed by atoms with E-state index in [1.54, 1.807) is 0 Å². The molecule has 2 aliphatic heterocycles. The van der Waals surface area contributed by atoms with Crippen LogP contribution in [0.3, 0.4) is 0 Å². The van der Waals surface area contributed by atoms with Crippen LogP contribution in [0.1, 0.15) is 31.5 Å². The zero-order valence-corrected chi connectivity index (χ0v) is 12.8. The minimum Gasteiger partial charge on any atom is -0.363 e. The monoisotopic (exact) mass is 285 g/mol. The molecule has 0 amide bonds. The third-order valence-electron chi connectivity index (χ3n) is 4.89. The lowest BCUT2D eigenvalue weighted by Gasteiger charge is -2.28. The van der Waals surface area contributed by atoms with E-state index in [2.05, 4.69) is 21.4 Å². The Hall–Kier alpha value is -1.62. The van der Waals surface area contributed by atoms with Crippen molar-refractivity contribution in [2.45, 2.75) is 44.2 Å². The van der Waals surface area contributed by atoms with E-state index in [1.165, 1.54) is 25.7 Å². The van der Waals surface area contributed by atoms with Gasteiger partial charge in [0.15, 0.2) is 5.65 Å². The van der Waals surface area contributed by atoms with Crippen LogP contribution in [0.15, 0.2) is 12.1 Å². The molecular weight excluding hydrogens is 262 g/mol. The molecule has 2 aromatic heterocycles. The largest absolute Gasteiger partial charge is 0.363 e. The van der Waals surface area contributed by atoms with E-state index < -0.39 is 0 Å². The molecule has 4 heterocycles.